The molecular formula is C22H42N4O5. The van der Waals surface area contributed by atoms with Crippen LogP contribution < -0.4 is 21.7 Å². The molecule has 31 heavy (non-hydrogen) atoms. The largest absolute Gasteiger partial charge is 0.480 e. The van der Waals surface area contributed by atoms with Crippen LogP contribution in [0.4, 0.5) is 0 Å². The van der Waals surface area contributed by atoms with E-state index in [-0.39, 0.29) is 23.7 Å². The van der Waals surface area contributed by atoms with E-state index in [1.807, 2.05) is 41.5 Å². The number of carbonyl (C=O) groups is 4. The lowest BCUT2D eigenvalue weighted by Gasteiger charge is -2.27. The molecule has 0 aliphatic heterocycles. The lowest BCUT2D eigenvalue weighted by molar-refractivity contribution is -0.143. The van der Waals surface area contributed by atoms with Crippen molar-refractivity contribution in [2.45, 2.75) is 92.4 Å². The van der Waals surface area contributed by atoms with E-state index in [4.69, 9.17) is 5.73 Å². The van der Waals surface area contributed by atoms with Gasteiger partial charge in [0.05, 0.1) is 6.04 Å². The van der Waals surface area contributed by atoms with Crippen LogP contribution in [0.2, 0.25) is 0 Å². The molecule has 0 saturated carbocycles. The lowest BCUT2D eigenvalue weighted by Crippen LogP contribution is -2.58. The van der Waals surface area contributed by atoms with E-state index in [0.29, 0.717) is 12.8 Å². The number of hydrogen-bond donors (Lipinski definition) is 5. The van der Waals surface area contributed by atoms with Crippen LogP contribution in [-0.2, 0) is 19.2 Å². The van der Waals surface area contributed by atoms with Gasteiger partial charge in [-0.2, -0.15) is 0 Å². The van der Waals surface area contributed by atoms with Crippen molar-refractivity contribution < 1.29 is 24.3 Å². The number of nitrogens with one attached hydrogen (secondary N) is 3. The number of carboxylic acids is 1. The molecule has 0 aromatic heterocycles. The van der Waals surface area contributed by atoms with Gasteiger partial charge in [0.25, 0.3) is 0 Å². The van der Waals surface area contributed by atoms with Gasteiger partial charge in [0.2, 0.25) is 17.7 Å². The molecule has 9 heteroatoms. The molecule has 0 saturated heterocycles. The molecule has 0 aliphatic carbocycles. The molecule has 0 heterocycles. The van der Waals surface area contributed by atoms with Gasteiger partial charge in [-0.05, 0) is 36.5 Å². The highest BCUT2D eigenvalue weighted by Crippen LogP contribution is 2.11. The number of rotatable bonds is 13. The topological polar surface area (TPSA) is 151 Å². The highest BCUT2D eigenvalue weighted by molar-refractivity contribution is 5.94. The summed E-state index contributed by atoms with van der Waals surface area (Å²) in [6.07, 6.45) is 0.706. The number of carboxylic acid groups (broad SMARTS) is 1. The SMILES string of the molecule is CC(C)CC(NC(=O)C(CC(C)C)NC(=O)C(N)C(C)C)C(=O)NC(C(=O)O)C(C)C. The van der Waals surface area contributed by atoms with Crippen molar-refractivity contribution in [2.24, 2.45) is 29.4 Å². The maximum Gasteiger partial charge on any atom is 0.326 e. The summed E-state index contributed by atoms with van der Waals surface area (Å²) in [6, 6.07) is -3.58. The minimum absolute atomic E-state index is 0.0749. The first-order valence-electron chi connectivity index (χ1n) is 11.1. The number of aliphatic carboxylic acids is 1. The van der Waals surface area contributed by atoms with Gasteiger partial charge in [0.15, 0.2) is 0 Å². The zero-order valence-electron chi connectivity index (χ0n) is 20.2. The molecule has 0 spiro atoms. The average molecular weight is 443 g/mol. The fourth-order valence-electron chi connectivity index (χ4n) is 3.02. The summed E-state index contributed by atoms with van der Waals surface area (Å²) in [5, 5.41) is 17.3. The predicted octanol–water partition coefficient (Wildman–Crippen LogP) is 1.26. The predicted molar refractivity (Wildman–Crippen MR) is 120 cm³/mol. The summed E-state index contributed by atoms with van der Waals surface area (Å²) < 4.78 is 0. The number of amides is 3. The Bertz CT molecular complexity index is 619. The van der Waals surface area contributed by atoms with Gasteiger partial charge in [-0.3, -0.25) is 14.4 Å². The zero-order valence-corrected chi connectivity index (χ0v) is 20.2. The molecule has 0 bridgehead atoms. The van der Waals surface area contributed by atoms with Crippen molar-refractivity contribution in [3.05, 3.63) is 0 Å². The fraction of sp³-hybridized carbons (Fsp3) is 0.818. The highest BCUT2D eigenvalue weighted by Gasteiger charge is 2.32. The van der Waals surface area contributed by atoms with Crippen LogP contribution >= 0.6 is 0 Å². The maximum atomic E-state index is 13.0. The second kappa shape index (κ2) is 13.3. The Labute approximate surface area is 186 Å². The summed E-state index contributed by atoms with van der Waals surface area (Å²) in [5.41, 5.74) is 5.90. The van der Waals surface area contributed by atoms with Crippen molar-refractivity contribution in [3.8, 4) is 0 Å². The van der Waals surface area contributed by atoms with E-state index >= 15 is 0 Å². The van der Waals surface area contributed by atoms with Crippen LogP contribution in [0.5, 0.6) is 0 Å². The quantitative estimate of drug-likeness (QED) is 0.290. The van der Waals surface area contributed by atoms with Crippen molar-refractivity contribution in [1.29, 1.82) is 0 Å². The van der Waals surface area contributed by atoms with Crippen molar-refractivity contribution in [2.75, 3.05) is 0 Å². The molecular weight excluding hydrogens is 400 g/mol. The fourth-order valence-corrected chi connectivity index (χ4v) is 3.02. The van der Waals surface area contributed by atoms with Crippen LogP contribution in [-0.4, -0.2) is 53.0 Å². The third-order valence-electron chi connectivity index (χ3n) is 4.93. The normalized spacial score (nSPS) is 15.5. The summed E-state index contributed by atoms with van der Waals surface area (Å²) in [5.74, 6) is -2.83. The van der Waals surface area contributed by atoms with E-state index in [2.05, 4.69) is 16.0 Å². The van der Waals surface area contributed by atoms with Gasteiger partial charge in [-0.1, -0.05) is 55.4 Å². The number of nitrogens with two attached hydrogens (primary N) is 1. The molecule has 4 unspecified atom stereocenters. The second-order valence-electron chi connectivity index (χ2n) is 9.72. The smallest absolute Gasteiger partial charge is 0.326 e. The molecule has 3 amide bonds. The highest BCUT2D eigenvalue weighted by atomic mass is 16.4. The molecule has 180 valence electrons. The van der Waals surface area contributed by atoms with Gasteiger partial charge < -0.3 is 26.8 Å². The van der Waals surface area contributed by atoms with Crippen LogP contribution in [0.3, 0.4) is 0 Å². The van der Waals surface area contributed by atoms with Crippen molar-refractivity contribution >= 4 is 23.7 Å². The number of hydrogen-bond acceptors (Lipinski definition) is 5. The van der Waals surface area contributed by atoms with Crippen LogP contribution in [0.1, 0.15) is 68.2 Å². The Hall–Kier alpha value is -2.16. The van der Waals surface area contributed by atoms with E-state index < -0.39 is 47.9 Å². The summed E-state index contributed by atoms with van der Waals surface area (Å²) in [4.78, 5) is 49.7. The summed E-state index contributed by atoms with van der Waals surface area (Å²) in [6.45, 7) is 14.7. The average Bonchev–Trinajstić information content (AvgIpc) is 2.62. The van der Waals surface area contributed by atoms with Gasteiger partial charge in [0, 0.05) is 0 Å². The minimum Gasteiger partial charge on any atom is -0.480 e. The Morgan fingerprint density at radius 1 is 0.677 bits per heavy atom. The van der Waals surface area contributed by atoms with E-state index in [1.54, 1.807) is 13.8 Å². The molecule has 0 fully saturated rings. The summed E-state index contributed by atoms with van der Waals surface area (Å²) >= 11 is 0. The van der Waals surface area contributed by atoms with Gasteiger partial charge in [-0.15, -0.1) is 0 Å². The van der Waals surface area contributed by atoms with Crippen LogP contribution in [0.15, 0.2) is 0 Å². The maximum absolute atomic E-state index is 13.0. The Morgan fingerprint density at radius 3 is 1.39 bits per heavy atom. The Morgan fingerprint density at radius 2 is 1.06 bits per heavy atom. The molecule has 4 atom stereocenters. The Balaban J connectivity index is 5.51. The van der Waals surface area contributed by atoms with Gasteiger partial charge >= 0.3 is 5.97 Å². The molecule has 0 aromatic carbocycles. The molecule has 6 N–H and O–H groups in total. The minimum atomic E-state index is -1.13. The first-order valence-corrected chi connectivity index (χ1v) is 11.1. The van der Waals surface area contributed by atoms with E-state index in [9.17, 15) is 24.3 Å². The molecule has 0 rings (SSSR count). The van der Waals surface area contributed by atoms with E-state index in [1.165, 1.54) is 0 Å². The third kappa shape index (κ3) is 10.6. The summed E-state index contributed by atoms with van der Waals surface area (Å²) in [7, 11) is 0. The first-order chi connectivity index (χ1) is 14.2. The van der Waals surface area contributed by atoms with Gasteiger partial charge in [-0.25, -0.2) is 4.79 Å². The molecule has 9 nitrogen and oxygen atoms in total. The van der Waals surface area contributed by atoms with Crippen LogP contribution in [0.25, 0.3) is 0 Å². The van der Waals surface area contributed by atoms with E-state index in [0.717, 1.165) is 0 Å². The molecule has 0 aliphatic rings. The second-order valence-corrected chi connectivity index (χ2v) is 9.72. The molecule has 0 aromatic rings. The van der Waals surface area contributed by atoms with Crippen LogP contribution in [0, 0.1) is 23.7 Å². The van der Waals surface area contributed by atoms with Crippen molar-refractivity contribution in [3.63, 3.8) is 0 Å². The Kier molecular flexibility index (Phi) is 12.4. The monoisotopic (exact) mass is 442 g/mol. The molecule has 0 radical (unpaired) electrons. The number of carbonyl (C=O) groups excluding carboxylic acids is 3. The first kappa shape index (κ1) is 28.8. The van der Waals surface area contributed by atoms with Crippen molar-refractivity contribution in [1.82, 2.24) is 16.0 Å². The van der Waals surface area contributed by atoms with Gasteiger partial charge in [0.1, 0.15) is 18.1 Å². The standard InChI is InChI=1S/C22H42N4O5/c1-11(2)9-15(25-21(29)17(23)13(5)6)19(27)24-16(10-12(3)4)20(28)26-18(14(7)8)22(30)31/h11-18H,9-10,23H2,1-8H3,(H,24,27)(H,25,29)(H,26,28)(H,30,31). The third-order valence-corrected chi connectivity index (χ3v) is 4.93. The zero-order chi connectivity index (χ0) is 24.5. The lowest BCUT2D eigenvalue weighted by atomic mass is 9.98.